The molecule has 0 bridgehead atoms. The predicted octanol–water partition coefficient (Wildman–Crippen LogP) is 2.41. The third-order valence-corrected chi connectivity index (χ3v) is 4.48. The second-order valence-corrected chi connectivity index (χ2v) is 6.00. The lowest BCUT2D eigenvalue weighted by Crippen LogP contribution is -2.44. The molecule has 3 rings (SSSR count). The lowest BCUT2D eigenvalue weighted by atomic mass is 9.85. The topological polar surface area (TPSA) is 58.6 Å². The van der Waals surface area contributed by atoms with E-state index in [0.29, 0.717) is 19.6 Å². The minimum atomic E-state index is -0.925. The molecular weight excluding hydrogens is 280 g/mol. The first-order valence-electron chi connectivity index (χ1n) is 7.98. The Kier molecular flexibility index (Phi) is 4.16. The number of amides is 3. The summed E-state index contributed by atoms with van der Waals surface area (Å²) in [6.07, 6.45) is 3.29. The van der Waals surface area contributed by atoms with E-state index in [2.05, 4.69) is 5.32 Å². The zero-order chi connectivity index (χ0) is 15.6. The zero-order valence-electron chi connectivity index (χ0n) is 12.9. The molecule has 3 amide bonds. The molecule has 0 aromatic heterocycles. The van der Waals surface area contributed by atoms with E-state index in [1.165, 1.54) is 4.90 Å². The van der Waals surface area contributed by atoms with Crippen molar-refractivity contribution in [2.45, 2.75) is 44.2 Å². The van der Waals surface area contributed by atoms with Crippen molar-refractivity contribution in [2.75, 3.05) is 13.2 Å². The van der Waals surface area contributed by atoms with Crippen molar-refractivity contribution in [3.05, 3.63) is 35.9 Å². The zero-order valence-corrected chi connectivity index (χ0v) is 12.9. The van der Waals surface area contributed by atoms with Crippen LogP contribution in [0.15, 0.2) is 30.3 Å². The van der Waals surface area contributed by atoms with E-state index in [9.17, 15) is 9.59 Å². The van der Waals surface area contributed by atoms with Crippen LogP contribution in [0.25, 0.3) is 0 Å². The van der Waals surface area contributed by atoms with Gasteiger partial charge in [-0.1, -0.05) is 43.7 Å². The van der Waals surface area contributed by atoms with E-state index in [0.717, 1.165) is 24.8 Å². The van der Waals surface area contributed by atoms with Crippen LogP contribution in [0.3, 0.4) is 0 Å². The van der Waals surface area contributed by atoms with Crippen molar-refractivity contribution in [3.63, 3.8) is 0 Å². The molecule has 2 aliphatic rings. The Hall–Kier alpha value is -1.88. The minimum Gasteiger partial charge on any atom is -0.376 e. The highest BCUT2D eigenvalue weighted by atomic mass is 16.5. The first kappa shape index (κ1) is 15.0. The number of urea groups is 1. The van der Waals surface area contributed by atoms with Gasteiger partial charge >= 0.3 is 6.03 Å². The van der Waals surface area contributed by atoms with Gasteiger partial charge < -0.3 is 10.1 Å². The van der Waals surface area contributed by atoms with Gasteiger partial charge in [0.05, 0.1) is 12.6 Å². The summed E-state index contributed by atoms with van der Waals surface area (Å²) in [6.45, 7) is 3.09. The summed E-state index contributed by atoms with van der Waals surface area (Å²) in [4.78, 5) is 26.7. The van der Waals surface area contributed by atoms with Gasteiger partial charge in [0.1, 0.15) is 5.54 Å². The standard InChI is InChI=1S/C17H22N2O3/c1-2-10-17(13-7-4-3-5-8-13)15(20)19(16(21)18-17)12-14-9-6-11-22-14/h3-5,7-8,14H,2,6,9-12H2,1H3,(H,18,21)/t14-,17-/m1/s1. The monoisotopic (exact) mass is 302 g/mol. The van der Waals surface area contributed by atoms with Crippen molar-refractivity contribution in [1.29, 1.82) is 0 Å². The number of ether oxygens (including phenoxy) is 1. The highest BCUT2D eigenvalue weighted by molar-refractivity contribution is 6.07. The van der Waals surface area contributed by atoms with Gasteiger partial charge in [-0.15, -0.1) is 0 Å². The number of imide groups is 1. The lowest BCUT2D eigenvalue weighted by molar-refractivity contribution is -0.133. The SMILES string of the molecule is CCC[C@]1(c2ccccc2)NC(=O)N(C[C@H]2CCCO2)C1=O. The molecule has 1 N–H and O–H groups in total. The van der Waals surface area contributed by atoms with Gasteiger partial charge in [-0.25, -0.2) is 4.79 Å². The molecule has 2 aliphatic heterocycles. The maximum Gasteiger partial charge on any atom is 0.325 e. The molecule has 1 aromatic rings. The van der Waals surface area contributed by atoms with E-state index in [4.69, 9.17) is 4.74 Å². The quantitative estimate of drug-likeness (QED) is 0.850. The molecular formula is C17H22N2O3. The molecule has 0 unspecified atom stereocenters. The minimum absolute atomic E-state index is 0.0251. The van der Waals surface area contributed by atoms with E-state index < -0.39 is 5.54 Å². The van der Waals surface area contributed by atoms with Crippen LogP contribution in [0.5, 0.6) is 0 Å². The van der Waals surface area contributed by atoms with E-state index in [-0.39, 0.29) is 18.0 Å². The van der Waals surface area contributed by atoms with Crippen molar-refractivity contribution in [3.8, 4) is 0 Å². The Balaban J connectivity index is 1.88. The number of rotatable bonds is 5. The number of hydrogen-bond donors (Lipinski definition) is 1. The van der Waals surface area contributed by atoms with Crippen LogP contribution in [-0.2, 0) is 15.1 Å². The summed E-state index contributed by atoms with van der Waals surface area (Å²) < 4.78 is 5.57. The normalized spacial score (nSPS) is 28.2. The molecule has 5 heteroatoms. The first-order chi connectivity index (χ1) is 10.7. The fraction of sp³-hybridized carbons (Fsp3) is 0.529. The molecule has 0 spiro atoms. The van der Waals surface area contributed by atoms with Crippen LogP contribution in [0.1, 0.15) is 38.2 Å². The second kappa shape index (κ2) is 6.08. The molecule has 5 nitrogen and oxygen atoms in total. The molecule has 22 heavy (non-hydrogen) atoms. The highest BCUT2D eigenvalue weighted by Gasteiger charge is 2.52. The summed E-state index contributed by atoms with van der Waals surface area (Å²) in [5.41, 5.74) is -0.0730. The Labute approximate surface area is 130 Å². The molecule has 2 heterocycles. The fourth-order valence-electron chi connectivity index (χ4n) is 3.39. The molecule has 2 fully saturated rings. The molecule has 2 atom stereocenters. The molecule has 0 radical (unpaired) electrons. The maximum absolute atomic E-state index is 13.0. The third kappa shape index (κ3) is 2.50. The number of carbonyl (C=O) groups excluding carboxylic acids is 2. The van der Waals surface area contributed by atoms with Crippen LogP contribution in [0.4, 0.5) is 4.79 Å². The van der Waals surface area contributed by atoms with Gasteiger partial charge in [0.2, 0.25) is 0 Å². The van der Waals surface area contributed by atoms with E-state index in [1.807, 2.05) is 37.3 Å². The molecule has 2 saturated heterocycles. The molecule has 0 aliphatic carbocycles. The third-order valence-electron chi connectivity index (χ3n) is 4.48. The number of carbonyl (C=O) groups is 2. The van der Waals surface area contributed by atoms with E-state index in [1.54, 1.807) is 0 Å². The predicted molar refractivity (Wildman–Crippen MR) is 82.2 cm³/mol. The largest absolute Gasteiger partial charge is 0.376 e. The van der Waals surface area contributed by atoms with Crippen LogP contribution in [0, 0.1) is 0 Å². The number of hydrogen-bond acceptors (Lipinski definition) is 3. The fourth-order valence-corrected chi connectivity index (χ4v) is 3.39. The van der Waals surface area contributed by atoms with Gasteiger partial charge in [-0.05, 0) is 24.8 Å². The highest BCUT2D eigenvalue weighted by Crippen LogP contribution is 2.34. The smallest absolute Gasteiger partial charge is 0.325 e. The summed E-state index contributed by atoms with van der Waals surface area (Å²) in [7, 11) is 0. The Morgan fingerprint density at radius 3 is 2.73 bits per heavy atom. The Morgan fingerprint density at radius 2 is 2.09 bits per heavy atom. The van der Waals surface area contributed by atoms with Gasteiger partial charge in [-0.2, -0.15) is 0 Å². The van der Waals surface area contributed by atoms with Gasteiger partial charge in [-0.3, -0.25) is 9.69 Å². The Bertz CT molecular complexity index is 554. The van der Waals surface area contributed by atoms with Gasteiger partial charge in [0, 0.05) is 6.61 Å². The lowest BCUT2D eigenvalue weighted by Gasteiger charge is -2.27. The first-order valence-corrected chi connectivity index (χ1v) is 7.98. The van der Waals surface area contributed by atoms with Crippen LogP contribution in [0.2, 0.25) is 0 Å². The van der Waals surface area contributed by atoms with Crippen LogP contribution < -0.4 is 5.32 Å². The van der Waals surface area contributed by atoms with Crippen molar-refractivity contribution in [2.24, 2.45) is 0 Å². The number of benzene rings is 1. The maximum atomic E-state index is 13.0. The number of nitrogens with zero attached hydrogens (tertiary/aromatic N) is 1. The van der Waals surface area contributed by atoms with E-state index >= 15 is 0 Å². The second-order valence-electron chi connectivity index (χ2n) is 6.00. The van der Waals surface area contributed by atoms with Gasteiger partial charge in [0.25, 0.3) is 5.91 Å². The number of nitrogens with one attached hydrogen (secondary N) is 1. The summed E-state index contributed by atoms with van der Waals surface area (Å²) in [5, 5.41) is 2.94. The average molecular weight is 302 g/mol. The van der Waals surface area contributed by atoms with Crippen LogP contribution >= 0.6 is 0 Å². The summed E-state index contributed by atoms with van der Waals surface area (Å²) in [6, 6.07) is 9.21. The summed E-state index contributed by atoms with van der Waals surface area (Å²) >= 11 is 0. The molecule has 118 valence electrons. The van der Waals surface area contributed by atoms with Crippen molar-refractivity contribution < 1.29 is 14.3 Å². The van der Waals surface area contributed by atoms with Gasteiger partial charge in [0.15, 0.2) is 0 Å². The average Bonchev–Trinajstić information content (AvgIpc) is 3.12. The van der Waals surface area contributed by atoms with Crippen molar-refractivity contribution in [1.82, 2.24) is 10.2 Å². The van der Waals surface area contributed by atoms with Crippen molar-refractivity contribution >= 4 is 11.9 Å². The Morgan fingerprint density at radius 1 is 1.32 bits per heavy atom. The molecule has 0 saturated carbocycles. The summed E-state index contributed by atoms with van der Waals surface area (Å²) in [5.74, 6) is -0.152. The van der Waals surface area contributed by atoms with Crippen LogP contribution in [-0.4, -0.2) is 36.1 Å². The molecule has 1 aromatic carbocycles.